The molecule has 0 saturated heterocycles. The Balaban J connectivity index is 1.41. The van der Waals surface area contributed by atoms with Crippen molar-refractivity contribution in [1.82, 2.24) is 4.98 Å². The van der Waals surface area contributed by atoms with E-state index in [1.54, 1.807) is 11.3 Å². The van der Waals surface area contributed by atoms with Gasteiger partial charge in [0.25, 0.3) is 0 Å². The van der Waals surface area contributed by atoms with Crippen LogP contribution in [0.2, 0.25) is 0 Å². The summed E-state index contributed by atoms with van der Waals surface area (Å²) in [6.07, 6.45) is 1.87. The van der Waals surface area contributed by atoms with E-state index >= 15 is 0 Å². The lowest BCUT2D eigenvalue weighted by molar-refractivity contribution is 1.30. The van der Waals surface area contributed by atoms with Gasteiger partial charge in [0.15, 0.2) is 0 Å². The van der Waals surface area contributed by atoms with Crippen LogP contribution in [0.5, 0.6) is 0 Å². The van der Waals surface area contributed by atoms with Crippen LogP contribution in [0.4, 0.5) is 17.1 Å². The summed E-state index contributed by atoms with van der Waals surface area (Å²) in [5.41, 5.74) is 5.83. The molecular weight excluding hydrogens is 456 g/mol. The lowest BCUT2D eigenvalue weighted by atomic mass is 10.0. The molecule has 0 amide bonds. The third-order valence-electron chi connectivity index (χ3n) is 6.71. The van der Waals surface area contributed by atoms with E-state index in [-0.39, 0.29) is 0 Å². The van der Waals surface area contributed by atoms with Gasteiger partial charge in [-0.1, -0.05) is 72.8 Å². The van der Waals surface area contributed by atoms with Gasteiger partial charge in [0.1, 0.15) is 4.83 Å². The molecule has 7 aromatic rings. The second-order valence-electron chi connectivity index (χ2n) is 8.92. The smallest absolute Gasteiger partial charge is 0.124 e. The topological polar surface area (TPSA) is 16.1 Å². The van der Waals surface area contributed by atoms with Gasteiger partial charge in [-0.3, -0.25) is 0 Å². The van der Waals surface area contributed by atoms with Crippen molar-refractivity contribution in [3.63, 3.8) is 0 Å². The van der Waals surface area contributed by atoms with Gasteiger partial charge < -0.3 is 4.90 Å². The highest BCUT2D eigenvalue weighted by molar-refractivity contribution is 7.25. The Morgan fingerprint density at radius 1 is 0.500 bits per heavy atom. The van der Waals surface area contributed by atoms with Crippen LogP contribution in [-0.4, -0.2) is 4.98 Å². The number of rotatable bonds is 4. The number of hydrogen-bond acceptors (Lipinski definition) is 3. The van der Waals surface area contributed by atoms with Crippen LogP contribution in [0.25, 0.3) is 42.2 Å². The van der Waals surface area contributed by atoms with E-state index in [1.807, 2.05) is 12.3 Å². The summed E-state index contributed by atoms with van der Waals surface area (Å²) in [4.78, 5) is 8.01. The van der Waals surface area contributed by atoms with Gasteiger partial charge in [-0.25, -0.2) is 4.98 Å². The number of thiophene rings is 1. The maximum Gasteiger partial charge on any atom is 0.124 e. The second-order valence-corrected chi connectivity index (χ2v) is 9.95. The van der Waals surface area contributed by atoms with E-state index in [2.05, 4.69) is 131 Å². The fourth-order valence-corrected chi connectivity index (χ4v) is 5.96. The quantitative estimate of drug-likeness (QED) is 0.250. The molecule has 3 heteroatoms. The Morgan fingerprint density at radius 2 is 1.19 bits per heavy atom. The number of fused-ring (bicyclic) bond motifs is 4. The highest BCUT2D eigenvalue weighted by Gasteiger charge is 2.15. The van der Waals surface area contributed by atoms with Crippen LogP contribution in [0.1, 0.15) is 0 Å². The molecule has 0 unspecified atom stereocenters. The van der Waals surface area contributed by atoms with Gasteiger partial charge in [0, 0.05) is 38.7 Å². The summed E-state index contributed by atoms with van der Waals surface area (Å²) < 4.78 is 1.25. The molecule has 0 bridgehead atoms. The van der Waals surface area contributed by atoms with Gasteiger partial charge in [-0.15, -0.1) is 11.3 Å². The summed E-state index contributed by atoms with van der Waals surface area (Å²) >= 11 is 1.75. The van der Waals surface area contributed by atoms with Crippen molar-refractivity contribution in [1.29, 1.82) is 0 Å². The molecule has 0 radical (unpaired) electrons. The summed E-state index contributed by atoms with van der Waals surface area (Å²) in [5.74, 6) is 0. The van der Waals surface area contributed by atoms with Crippen molar-refractivity contribution < 1.29 is 0 Å². The van der Waals surface area contributed by atoms with E-state index in [4.69, 9.17) is 0 Å². The molecule has 5 aromatic carbocycles. The molecule has 2 heterocycles. The third kappa shape index (κ3) is 3.62. The molecule has 0 atom stereocenters. The zero-order chi connectivity index (χ0) is 23.9. The van der Waals surface area contributed by atoms with Gasteiger partial charge in [-0.2, -0.15) is 0 Å². The third-order valence-corrected chi connectivity index (χ3v) is 7.81. The van der Waals surface area contributed by atoms with Gasteiger partial charge in [0.2, 0.25) is 0 Å². The first-order valence-corrected chi connectivity index (χ1v) is 12.9. The minimum atomic E-state index is 1.08. The first-order valence-electron chi connectivity index (χ1n) is 12.1. The van der Waals surface area contributed by atoms with E-state index in [0.717, 1.165) is 21.9 Å². The molecule has 0 aliphatic rings. The molecule has 0 aliphatic heterocycles. The predicted molar refractivity (Wildman–Crippen MR) is 155 cm³/mol. The molecule has 0 N–H and O–H groups in total. The largest absolute Gasteiger partial charge is 0.310 e. The molecule has 0 spiro atoms. The summed E-state index contributed by atoms with van der Waals surface area (Å²) in [5, 5.41) is 4.92. The molecule has 0 fully saturated rings. The lowest BCUT2D eigenvalue weighted by Crippen LogP contribution is -2.09. The number of hydrogen-bond donors (Lipinski definition) is 0. The van der Waals surface area contributed by atoms with Gasteiger partial charge in [0.05, 0.1) is 0 Å². The minimum absolute atomic E-state index is 1.08. The Hall–Kier alpha value is -4.47. The summed E-state index contributed by atoms with van der Waals surface area (Å²) in [7, 11) is 0. The fraction of sp³-hybridized carbons (Fsp3) is 0. The van der Waals surface area contributed by atoms with Crippen molar-refractivity contribution >= 4 is 59.5 Å². The zero-order valence-corrected chi connectivity index (χ0v) is 20.3. The number of benzene rings is 5. The molecule has 0 aliphatic carbocycles. The van der Waals surface area contributed by atoms with Crippen molar-refractivity contribution in [3.8, 4) is 11.1 Å². The van der Waals surface area contributed by atoms with Crippen molar-refractivity contribution in [2.75, 3.05) is 4.90 Å². The summed E-state index contributed by atoms with van der Waals surface area (Å²) in [6, 6.07) is 45.5. The van der Waals surface area contributed by atoms with Crippen LogP contribution in [0.3, 0.4) is 0 Å². The lowest BCUT2D eigenvalue weighted by Gasteiger charge is -2.26. The molecule has 2 nitrogen and oxygen atoms in total. The zero-order valence-electron chi connectivity index (χ0n) is 19.5. The summed E-state index contributed by atoms with van der Waals surface area (Å²) in [6.45, 7) is 0. The maximum absolute atomic E-state index is 4.59. The van der Waals surface area contributed by atoms with Gasteiger partial charge >= 0.3 is 0 Å². The monoisotopic (exact) mass is 478 g/mol. The second kappa shape index (κ2) is 8.63. The van der Waals surface area contributed by atoms with Crippen LogP contribution in [0, 0.1) is 0 Å². The van der Waals surface area contributed by atoms with E-state index in [0.29, 0.717) is 0 Å². The SMILES string of the molecule is c1ccc(-c2ccc(N(c3ccc4ccccc4c3)c3ccc4sc5ncccc5c4c3)cc2)cc1. The highest BCUT2D eigenvalue weighted by atomic mass is 32.1. The fourth-order valence-electron chi connectivity index (χ4n) is 4.93. The number of anilines is 3. The molecule has 170 valence electrons. The first-order chi connectivity index (χ1) is 17.8. The average Bonchev–Trinajstić information content (AvgIpc) is 3.32. The molecular formula is C33H22N2S. The molecule has 36 heavy (non-hydrogen) atoms. The van der Waals surface area contributed by atoms with Crippen molar-refractivity contribution in [3.05, 3.63) is 134 Å². The maximum atomic E-state index is 4.59. The Labute approximate surface area is 213 Å². The van der Waals surface area contributed by atoms with E-state index in [1.165, 1.54) is 37.4 Å². The highest BCUT2D eigenvalue weighted by Crippen LogP contribution is 2.41. The van der Waals surface area contributed by atoms with Crippen LogP contribution >= 0.6 is 11.3 Å². The van der Waals surface area contributed by atoms with Gasteiger partial charge in [-0.05, 0) is 76.5 Å². The molecule has 0 saturated carbocycles. The predicted octanol–water partition coefficient (Wildman–Crippen LogP) is 9.74. The minimum Gasteiger partial charge on any atom is -0.310 e. The average molecular weight is 479 g/mol. The van der Waals surface area contributed by atoms with Crippen LogP contribution < -0.4 is 4.90 Å². The standard InChI is InChI=1S/C33H22N2S/c1-2-7-23(8-3-1)25-12-15-27(16-13-25)35(28-17-14-24-9-4-5-10-26(24)21-28)29-18-19-32-31(22-29)30-11-6-20-34-33(30)36-32/h1-22H. The van der Waals surface area contributed by atoms with Crippen LogP contribution in [0.15, 0.2) is 134 Å². The van der Waals surface area contributed by atoms with E-state index in [9.17, 15) is 0 Å². The first kappa shape index (κ1) is 20.9. The Bertz CT molecular complexity index is 1840. The Kier molecular flexibility index (Phi) is 5.00. The van der Waals surface area contributed by atoms with Crippen molar-refractivity contribution in [2.45, 2.75) is 0 Å². The number of aromatic nitrogens is 1. The normalized spacial score (nSPS) is 11.3. The molecule has 2 aromatic heterocycles. The van der Waals surface area contributed by atoms with E-state index < -0.39 is 0 Å². The number of nitrogens with zero attached hydrogens (tertiary/aromatic N) is 2. The Morgan fingerprint density at radius 3 is 2.06 bits per heavy atom. The van der Waals surface area contributed by atoms with Crippen LogP contribution in [-0.2, 0) is 0 Å². The number of pyridine rings is 1. The van der Waals surface area contributed by atoms with Crippen molar-refractivity contribution in [2.24, 2.45) is 0 Å². The molecule has 7 rings (SSSR count).